The number of aromatic amines is 1. The minimum absolute atomic E-state index is 0.0758. The van der Waals surface area contributed by atoms with E-state index in [2.05, 4.69) is 32.4 Å². The number of ketones is 1. The molecule has 2 amide bonds. The number of aromatic nitrogens is 2. The predicted molar refractivity (Wildman–Crippen MR) is 121 cm³/mol. The number of hydrogen-bond acceptors (Lipinski definition) is 6. The molecule has 3 N–H and O–H groups in total. The highest BCUT2D eigenvalue weighted by Crippen LogP contribution is 2.31. The summed E-state index contributed by atoms with van der Waals surface area (Å²) >= 11 is 0. The number of hydrogen-bond donors (Lipinski definition) is 3. The first kappa shape index (κ1) is 21.7. The molecule has 0 radical (unpaired) electrons. The van der Waals surface area contributed by atoms with Crippen molar-refractivity contribution >= 4 is 35.1 Å². The maximum atomic E-state index is 13.0. The number of nitrogens with one attached hydrogen (secondary N) is 3. The van der Waals surface area contributed by atoms with Gasteiger partial charge in [0, 0.05) is 30.3 Å². The third-order valence-corrected chi connectivity index (χ3v) is 6.18. The molecule has 0 aliphatic carbocycles. The summed E-state index contributed by atoms with van der Waals surface area (Å²) in [6.07, 6.45) is 3.96. The molecule has 4 rings (SSSR count). The van der Waals surface area contributed by atoms with Crippen LogP contribution in [0.4, 0.5) is 17.5 Å². The molecule has 0 spiro atoms. The Morgan fingerprint density at radius 1 is 1.19 bits per heavy atom. The Morgan fingerprint density at radius 3 is 2.62 bits per heavy atom. The van der Waals surface area contributed by atoms with Gasteiger partial charge in [0.15, 0.2) is 5.78 Å². The SMILES string of the molecule is CC[C@H]1CCCCN1c1nc2c(c(=O)[nH]1)[C@@H](C(=O)Nc1ccc(C(C)=O)cc1)CC(=O)N2. The molecule has 168 valence electrons. The second-order valence-electron chi connectivity index (χ2n) is 8.33. The predicted octanol–water partition coefficient (Wildman–Crippen LogP) is 2.81. The molecular formula is C23H27N5O4. The normalized spacial score (nSPS) is 20.3. The van der Waals surface area contributed by atoms with Gasteiger partial charge in [0.2, 0.25) is 17.8 Å². The molecule has 2 atom stereocenters. The highest BCUT2D eigenvalue weighted by atomic mass is 16.2. The molecule has 2 aromatic rings. The van der Waals surface area contributed by atoms with Crippen LogP contribution in [0.1, 0.15) is 67.8 Å². The van der Waals surface area contributed by atoms with E-state index in [-0.39, 0.29) is 35.5 Å². The van der Waals surface area contributed by atoms with Gasteiger partial charge in [0.1, 0.15) is 5.82 Å². The quantitative estimate of drug-likeness (QED) is 0.618. The van der Waals surface area contributed by atoms with Crippen LogP contribution in [-0.2, 0) is 9.59 Å². The van der Waals surface area contributed by atoms with E-state index in [1.807, 2.05) is 0 Å². The van der Waals surface area contributed by atoms with Crippen molar-refractivity contribution in [2.24, 2.45) is 0 Å². The van der Waals surface area contributed by atoms with Crippen molar-refractivity contribution in [3.05, 3.63) is 45.7 Å². The first-order chi connectivity index (χ1) is 15.4. The first-order valence-electron chi connectivity index (χ1n) is 11.0. The average molecular weight is 438 g/mol. The van der Waals surface area contributed by atoms with Gasteiger partial charge in [-0.25, -0.2) is 0 Å². The van der Waals surface area contributed by atoms with Crippen molar-refractivity contribution in [1.82, 2.24) is 9.97 Å². The van der Waals surface area contributed by atoms with E-state index in [4.69, 9.17) is 0 Å². The Labute approximate surface area is 185 Å². The summed E-state index contributed by atoms with van der Waals surface area (Å²) in [6.45, 7) is 4.35. The molecule has 2 aliphatic rings. The minimum Gasteiger partial charge on any atom is -0.339 e. The van der Waals surface area contributed by atoms with E-state index in [1.165, 1.54) is 6.92 Å². The van der Waals surface area contributed by atoms with Gasteiger partial charge in [0.05, 0.1) is 11.5 Å². The Morgan fingerprint density at radius 2 is 1.94 bits per heavy atom. The second-order valence-corrected chi connectivity index (χ2v) is 8.33. The van der Waals surface area contributed by atoms with Crippen LogP contribution >= 0.6 is 0 Å². The van der Waals surface area contributed by atoms with Crippen molar-refractivity contribution in [2.75, 3.05) is 22.1 Å². The van der Waals surface area contributed by atoms with Crippen molar-refractivity contribution in [3.63, 3.8) is 0 Å². The number of benzene rings is 1. The molecule has 1 aromatic carbocycles. The summed E-state index contributed by atoms with van der Waals surface area (Å²) in [6, 6.07) is 6.74. The van der Waals surface area contributed by atoms with Crippen molar-refractivity contribution in [1.29, 1.82) is 0 Å². The zero-order chi connectivity index (χ0) is 22.8. The van der Waals surface area contributed by atoms with Gasteiger partial charge >= 0.3 is 0 Å². The van der Waals surface area contributed by atoms with Gasteiger partial charge in [-0.2, -0.15) is 4.98 Å². The zero-order valence-electron chi connectivity index (χ0n) is 18.2. The number of amides is 2. The second kappa shape index (κ2) is 8.94. The summed E-state index contributed by atoms with van der Waals surface area (Å²) in [5, 5.41) is 5.41. The van der Waals surface area contributed by atoms with Crippen LogP contribution in [0.5, 0.6) is 0 Å². The molecule has 0 saturated carbocycles. The van der Waals surface area contributed by atoms with Crippen LogP contribution < -0.4 is 21.1 Å². The molecule has 9 nitrogen and oxygen atoms in total. The Balaban J connectivity index is 1.62. The zero-order valence-corrected chi connectivity index (χ0v) is 18.2. The molecular weight excluding hydrogens is 410 g/mol. The van der Waals surface area contributed by atoms with Gasteiger partial charge in [-0.05, 0) is 56.9 Å². The van der Waals surface area contributed by atoms with Crippen molar-refractivity contribution < 1.29 is 14.4 Å². The lowest BCUT2D eigenvalue weighted by atomic mass is 9.92. The number of carbonyl (C=O) groups is 3. The summed E-state index contributed by atoms with van der Waals surface area (Å²) in [5.41, 5.74) is 0.753. The fraction of sp³-hybridized carbons (Fsp3) is 0.435. The van der Waals surface area contributed by atoms with Gasteiger partial charge in [-0.1, -0.05) is 6.92 Å². The highest BCUT2D eigenvalue weighted by molar-refractivity contribution is 6.04. The first-order valence-corrected chi connectivity index (χ1v) is 11.0. The number of rotatable bonds is 5. The maximum absolute atomic E-state index is 13.0. The molecule has 2 aliphatic heterocycles. The van der Waals surface area contributed by atoms with Crippen LogP contribution in [0.3, 0.4) is 0 Å². The lowest BCUT2D eigenvalue weighted by Gasteiger charge is -2.36. The van der Waals surface area contributed by atoms with Crippen LogP contribution in [0.2, 0.25) is 0 Å². The Kier molecular flexibility index (Phi) is 6.07. The van der Waals surface area contributed by atoms with Gasteiger partial charge in [-0.15, -0.1) is 0 Å². The molecule has 3 heterocycles. The van der Waals surface area contributed by atoms with Crippen molar-refractivity contribution in [3.8, 4) is 0 Å². The molecule has 1 aromatic heterocycles. The van der Waals surface area contributed by atoms with E-state index in [9.17, 15) is 19.2 Å². The number of anilines is 3. The lowest BCUT2D eigenvalue weighted by Crippen LogP contribution is -2.43. The number of Topliss-reactive ketones (excluding diaryl/α,β-unsaturated/α-hetero) is 1. The van der Waals surface area contributed by atoms with E-state index in [0.717, 1.165) is 32.2 Å². The highest BCUT2D eigenvalue weighted by Gasteiger charge is 2.35. The van der Waals surface area contributed by atoms with Crippen molar-refractivity contribution in [2.45, 2.75) is 57.9 Å². The van der Waals surface area contributed by atoms with E-state index < -0.39 is 17.4 Å². The third-order valence-electron chi connectivity index (χ3n) is 6.18. The number of nitrogens with zero attached hydrogens (tertiary/aromatic N) is 2. The number of carbonyl (C=O) groups excluding carboxylic acids is 3. The van der Waals surface area contributed by atoms with Crippen LogP contribution in [0.25, 0.3) is 0 Å². The molecule has 1 fully saturated rings. The lowest BCUT2D eigenvalue weighted by molar-refractivity contribution is -0.123. The number of piperidine rings is 1. The fourth-order valence-corrected chi connectivity index (χ4v) is 4.44. The minimum atomic E-state index is -0.958. The van der Waals surface area contributed by atoms with Gasteiger partial charge in [0.25, 0.3) is 5.56 Å². The smallest absolute Gasteiger partial charge is 0.258 e. The number of fused-ring (bicyclic) bond motifs is 1. The average Bonchev–Trinajstić information content (AvgIpc) is 2.78. The summed E-state index contributed by atoms with van der Waals surface area (Å²) in [5.74, 6) is -1.29. The Hall–Kier alpha value is -3.49. The van der Waals surface area contributed by atoms with Gasteiger partial charge < -0.3 is 15.5 Å². The molecule has 9 heteroatoms. The van der Waals surface area contributed by atoms with Gasteiger partial charge in [-0.3, -0.25) is 24.2 Å². The maximum Gasteiger partial charge on any atom is 0.258 e. The van der Waals surface area contributed by atoms with E-state index in [1.54, 1.807) is 24.3 Å². The number of H-pyrrole nitrogens is 1. The monoisotopic (exact) mass is 437 g/mol. The summed E-state index contributed by atoms with van der Waals surface area (Å²) in [7, 11) is 0. The van der Waals surface area contributed by atoms with E-state index in [0.29, 0.717) is 17.2 Å². The molecule has 0 bridgehead atoms. The molecule has 1 saturated heterocycles. The van der Waals surface area contributed by atoms with Crippen LogP contribution in [-0.4, -0.2) is 40.2 Å². The van der Waals surface area contributed by atoms with Crippen LogP contribution in [0, 0.1) is 0 Å². The standard InChI is InChI=1S/C23H27N5O4/c1-3-16-6-4-5-11-28(16)23-26-20-19(22(32)27-23)17(12-18(30)25-20)21(31)24-15-9-7-14(8-10-15)13(2)29/h7-10,16-17H,3-6,11-12H2,1-2H3,(H,24,31)(H2,25,26,27,30,32)/t16-,17-/m0/s1. The Bertz CT molecular complexity index is 1110. The largest absolute Gasteiger partial charge is 0.339 e. The topological polar surface area (TPSA) is 124 Å². The summed E-state index contributed by atoms with van der Waals surface area (Å²) < 4.78 is 0. The molecule has 0 unspecified atom stereocenters. The van der Waals surface area contributed by atoms with E-state index >= 15 is 0 Å². The molecule has 32 heavy (non-hydrogen) atoms. The van der Waals surface area contributed by atoms with Crippen LogP contribution in [0.15, 0.2) is 29.1 Å². The third kappa shape index (κ3) is 4.28. The summed E-state index contributed by atoms with van der Waals surface area (Å²) in [4.78, 5) is 59.2. The fourth-order valence-electron chi connectivity index (χ4n) is 4.44.